The molecule has 0 saturated heterocycles. The third-order valence-corrected chi connectivity index (χ3v) is 2.91. The molecule has 82 valence electrons. The highest BCUT2D eigenvalue weighted by atomic mass is 16.5. The second kappa shape index (κ2) is 4.21. The molecule has 1 aliphatic rings. The van der Waals surface area contributed by atoms with Crippen molar-refractivity contribution in [2.24, 2.45) is 0 Å². The molecule has 1 N–H and O–H groups in total. The van der Waals surface area contributed by atoms with Crippen LogP contribution in [0.4, 0.5) is 0 Å². The maximum Gasteiger partial charge on any atom is 0.137 e. The normalized spacial score (nSPS) is 19.8. The second-order valence-electron chi connectivity index (χ2n) is 3.81. The predicted octanol–water partition coefficient (Wildman–Crippen LogP) is 1.79. The highest BCUT2D eigenvalue weighted by Crippen LogP contribution is 2.34. The van der Waals surface area contributed by atoms with Crippen LogP contribution in [0.25, 0.3) is 0 Å². The monoisotopic (exact) mass is 207 g/mol. The molecule has 3 nitrogen and oxygen atoms in total. The molecule has 1 aromatic carbocycles. The van der Waals surface area contributed by atoms with Crippen LogP contribution in [0.15, 0.2) is 12.1 Å². The molecule has 2 rings (SSSR count). The van der Waals surface area contributed by atoms with Crippen molar-refractivity contribution in [2.75, 3.05) is 20.8 Å². The zero-order valence-electron chi connectivity index (χ0n) is 9.46. The highest BCUT2D eigenvalue weighted by molar-refractivity contribution is 5.48. The molecule has 1 heterocycles. The van der Waals surface area contributed by atoms with E-state index in [0.717, 1.165) is 29.8 Å². The average Bonchev–Trinajstić information content (AvgIpc) is 2.28. The van der Waals surface area contributed by atoms with E-state index < -0.39 is 0 Å². The lowest BCUT2D eigenvalue weighted by molar-refractivity contribution is 0.0661. The van der Waals surface area contributed by atoms with E-state index in [9.17, 15) is 0 Å². The first-order valence-electron chi connectivity index (χ1n) is 5.20. The lowest BCUT2D eigenvalue weighted by Gasteiger charge is -2.28. The van der Waals surface area contributed by atoms with Crippen molar-refractivity contribution in [1.29, 1.82) is 0 Å². The molecule has 0 aromatic heterocycles. The number of nitrogens with one attached hydrogen (secondary N) is 1. The Labute approximate surface area is 90.4 Å². The summed E-state index contributed by atoms with van der Waals surface area (Å²) in [5, 5.41) is 3.32. The van der Waals surface area contributed by atoms with Gasteiger partial charge in [0.05, 0.1) is 7.11 Å². The number of ether oxygens (including phenoxy) is 2. The first-order chi connectivity index (χ1) is 7.27. The van der Waals surface area contributed by atoms with Crippen molar-refractivity contribution in [3.8, 4) is 5.75 Å². The standard InChI is InChI=1S/C12H17NO2/c1-8-4-5-9-6-7-13-12(15-3)10(9)11(8)14-2/h4-5,12-13H,6-7H2,1-3H3. The molecule has 0 aliphatic carbocycles. The van der Waals surface area contributed by atoms with E-state index in [1.807, 2.05) is 0 Å². The van der Waals surface area contributed by atoms with Crippen LogP contribution in [-0.2, 0) is 11.2 Å². The van der Waals surface area contributed by atoms with Gasteiger partial charge in [0.1, 0.15) is 12.0 Å². The van der Waals surface area contributed by atoms with E-state index in [-0.39, 0.29) is 6.23 Å². The summed E-state index contributed by atoms with van der Waals surface area (Å²) >= 11 is 0. The average molecular weight is 207 g/mol. The Morgan fingerprint density at radius 1 is 1.33 bits per heavy atom. The zero-order chi connectivity index (χ0) is 10.8. The lowest BCUT2D eigenvalue weighted by atomic mass is 9.96. The summed E-state index contributed by atoms with van der Waals surface area (Å²) in [6, 6.07) is 4.27. The number of aryl methyl sites for hydroxylation is 1. The van der Waals surface area contributed by atoms with Crippen LogP contribution < -0.4 is 10.1 Å². The Balaban J connectivity index is 2.54. The fourth-order valence-electron chi connectivity index (χ4n) is 2.17. The molecule has 1 atom stereocenters. The first-order valence-corrected chi connectivity index (χ1v) is 5.20. The molecule has 3 heteroatoms. The van der Waals surface area contributed by atoms with Crippen LogP contribution >= 0.6 is 0 Å². The molecule has 0 fully saturated rings. The summed E-state index contributed by atoms with van der Waals surface area (Å²) < 4.78 is 10.9. The Hall–Kier alpha value is -1.06. The van der Waals surface area contributed by atoms with Gasteiger partial charge in [0, 0.05) is 19.2 Å². The van der Waals surface area contributed by atoms with Gasteiger partial charge in [-0.25, -0.2) is 0 Å². The van der Waals surface area contributed by atoms with Crippen LogP contribution in [0.2, 0.25) is 0 Å². The molecule has 15 heavy (non-hydrogen) atoms. The molecular weight excluding hydrogens is 190 g/mol. The highest BCUT2D eigenvalue weighted by Gasteiger charge is 2.24. The number of methoxy groups -OCH3 is 2. The fraction of sp³-hybridized carbons (Fsp3) is 0.500. The maximum atomic E-state index is 5.46. The van der Waals surface area contributed by atoms with Crippen LogP contribution in [0.3, 0.4) is 0 Å². The van der Waals surface area contributed by atoms with Gasteiger partial charge in [-0.15, -0.1) is 0 Å². The number of hydrogen-bond acceptors (Lipinski definition) is 3. The van der Waals surface area contributed by atoms with Crippen molar-refractivity contribution in [1.82, 2.24) is 5.32 Å². The Morgan fingerprint density at radius 3 is 2.80 bits per heavy atom. The molecule has 0 saturated carbocycles. The third-order valence-electron chi connectivity index (χ3n) is 2.91. The van der Waals surface area contributed by atoms with Crippen LogP contribution in [0, 0.1) is 6.92 Å². The minimum Gasteiger partial charge on any atom is -0.496 e. The van der Waals surface area contributed by atoms with Crippen LogP contribution in [0.5, 0.6) is 5.75 Å². The molecular formula is C12H17NO2. The van der Waals surface area contributed by atoms with Gasteiger partial charge in [-0.3, -0.25) is 5.32 Å². The molecule has 1 aromatic rings. The Kier molecular flexibility index (Phi) is 2.93. The number of rotatable bonds is 2. The number of fused-ring (bicyclic) bond motifs is 1. The van der Waals surface area contributed by atoms with Crippen molar-refractivity contribution in [3.63, 3.8) is 0 Å². The van der Waals surface area contributed by atoms with Crippen LogP contribution in [0.1, 0.15) is 22.9 Å². The Bertz CT molecular complexity index is 363. The first kappa shape index (κ1) is 10.5. The van der Waals surface area contributed by atoms with Gasteiger partial charge in [0.2, 0.25) is 0 Å². The van der Waals surface area contributed by atoms with E-state index >= 15 is 0 Å². The largest absolute Gasteiger partial charge is 0.496 e. The molecule has 0 radical (unpaired) electrons. The molecule has 0 spiro atoms. The summed E-state index contributed by atoms with van der Waals surface area (Å²) in [4.78, 5) is 0. The lowest BCUT2D eigenvalue weighted by Crippen LogP contribution is -2.31. The Morgan fingerprint density at radius 2 is 2.13 bits per heavy atom. The van der Waals surface area contributed by atoms with Gasteiger partial charge in [-0.1, -0.05) is 12.1 Å². The molecule has 0 bridgehead atoms. The summed E-state index contributed by atoms with van der Waals surface area (Å²) in [5.41, 5.74) is 3.64. The topological polar surface area (TPSA) is 30.5 Å². The minimum absolute atomic E-state index is 0.0383. The summed E-state index contributed by atoms with van der Waals surface area (Å²) in [5.74, 6) is 0.951. The van der Waals surface area contributed by atoms with E-state index in [4.69, 9.17) is 9.47 Å². The number of benzene rings is 1. The van der Waals surface area contributed by atoms with Crippen molar-refractivity contribution in [2.45, 2.75) is 19.6 Å². The van der Waals surface area contributed by atoms with Crippen molar-refractivity contribution in [3.05, 3.63) is 28.8 Å². The maximum absolute atomic E-state index is 5.46. The van der Waals surface area contributed by atoms with E-state index in [0.29, 0.717) is 0 Å². The second-order valence-corrected chi connectivity index (χ2v) is 3.81. The smallest absolute Gasteiger partial charge is 0.137 e. The van der Waals surface area contributed by atoms with Crippen LogP contribution in [-0.4, -0.2) is 20.8 Å². The van der Waals surface area contributed by atoms with Crippen molar-refractivity contribution >= 4 is 0 Å². The third kappa shape index (κ3) is 1.73. The van der Waals surface area contributed by atoms with Gasteiger partial charge in [0.25, 0.3) is 0 Å². The van der Waals surface area contributed by atoms with Gasteiger partial charge < -0.3 is 9.47 Å². The molecule has 1 aliphatic heterocycles. The van der Waals surface area contributed by atoms with E-state index in [2.05, 4.69) is 24.4 Å². The van der Waals surface area contributed by atoms with E-state index in [1.165, 1.54) is 5.56 Å². The van der Waals surface area contributed by atoms with Gasteiger partial charge >= 0.3 is 0 Å². The quantitative estimate of drug-likeness (QED) is 0.802. The fourth-order valence-corrected chi connectivity index (χ4v) is 2.17. The summed E-state index contributed by atoms with van der Waals surface area (Å²) in [7, 11) is 3.43. The summed E-state index contributed by atoms with van der Waals surface area (Å²) in [6.07, 6.45) is 0.995. The molecule has 1 unspecified atom stereocenters. The van der Waals surface area contributed by atoms with E-state index in [1.54, 1.807) is 14.2 Å². The predicted molar refractivity (Wildman–Crippen MR) is 59.2 cm³/mol. The SMILES string of the molecule is COc1c(C)ccc2c1C(OC)NCC2. The minimum atomic E-state index is -0.0383. The van der Waals surface area contributed by atoms with Gasteiger partial charge in [-0.05, 0) is 24.5 Å². The van der Waals surface area contributed by atoms with Gasteiger partial charge in [0.15, 0.2) is 0 Å². The summed E-state index contributed by atoms with van der Waals surface area (Å²) in [6.45, 7) is 3.01. The molecule has 0 amide bonds. The van der Waals surface area contributed by atoms with Crippen molar-refractivity contribution < 1.29 is 9.47 Å². The zero-order valence-corrected chi connectivity index (χ0v) is 9.46. The van der Waals surface area contributed by atoms with Gasteiger partial charge in [-0.2, -0.15) is 0 Å². The number of hydrogen-bond donors (Lipinski definition) is 1.